The second-order valence-electron chi connectivity index (χ2n) is 8.19. The number of piperazine rings is 1. The van der Waals surface area contributed by atoms with Gasteiger partial charge in [0.05, 0.1) is 5.69 Å². The molecule has 2 aliphatic rings. The Hall–Kier alpha value is -3.19. The highest BCUT2D eigenvalue weighted by atomic mass is 16.2. The fourth-order valence-electron chi connectivity index (χ4n) is 3.97. The van der Waals surface area contributed by atoms with Crippen molar-refractivity contribution < 1.29 is 9.59 Å². The summed E-state index contributed by atoms with van der Waals surface area (Å²) < 4.78 is 0. The molecule has 2 amide bonds. The Morgan fingerprint density at radius 2 is 1.81 bits per heavy atom. The van der Waals surface area contributed by atoms with E-state index in [1.54, 1.807) is 0 Å². The number of benzene rings is 2. The first-order valence-corrected chi connectivity index (χ1v) is 10.8. The van der Waals surface area contributed by atoms with Gasteiger partial charge in [-0.15, -0.1) is 0 Å². The lowest BCUT2D eigenvalue weighted by Crippen LogP contribution is -2.45. The maximum Gasteiger partial charge on any atom is 0.267 e. The third-order valence-corrected chi connectivity index (χ3v) is 5.82. The van der Waals surface area contributed by atoms with E-state index in [0.29, 0.717) is 24.4 Å². The van der Waals surface area contributed by atoms with Gasteiger partial charge in [-0.1, -0.05) is 30.3 Å². The van der Waals surface area contributed by atoms with Crippen molar-refractivity contribution in [2.24, 2.45) is 5.10 Å². The van der Waals surface area contributed by atoms with Crippen LogP contribution < -0.4 is 15.2 Å². The van der Waals surface area contributed by atoms with Crippen LogP contribution in [0.5, 0.6) is 0 Å². The van der Waals surface area contributed by atoms with Crippen molar-refractivity contribution in [3.8, 4) is 0 Å². The number of amides is 2. The van der Waals surface area contributed by atoms with E-state index in [9.17, 15) is 9.59 Å². The highest BCUT2D eigenvalue weighted by molar-refractivity contribution is 6.40. The van der Waals surface area contributed by atoms with Crippen molar-refractivity contribution in [1.29, 1.82) is 0 Å². The molecule has 31 heavy (non-hydrogen) atoms. The minimum atomic E-state index is -0.224. The summed E-state index contributed by atoms with van der Waals surface area (Å²) >= 11 is 0. The minimum Gasteiger partial charge on any atom is -0.369 e. The molecule has 0 atom stereocenters. The zero-order valence-electron chi connectivity index (χ0n) is 18.2. The predicted octanol–water partition coefficient (Wildman–Crippen LogP) is 2.55. The molecule has 4 rings (SSSR count). The average molecular weight is 420 g/mol. The Labute approximate surface area is 183 Å². The number of carbonyl (C=O) groups is 2. The second-order valence-corrected chi connectivity index (χ2v) is 8.19. The van der Waals surface area contributed by atoms with Gasteiger partial charge in [0.25, 0.3) is 5.91 Å². The minimum absolute atomic E-state index is 0.0948. The zero-order chi connectivity index (χ0) is 21.8. The Balaban J connectivity index is 1.45. The third kappa shape index (κ3) is 4.94. The van der Waals surface area contributed by atoms with Crippen molar-refractivity contribution in [2.75, 3.05) is 43.1 Å². The summed E-state index contributed by atoms with van der Waals surface area (Å²) in [5.41, 5.74) is 4.37. The van der Waals surface area contributed by atoms with Crippen LogP contribution >= 0.6 is 0 Å². The van der Waals surface area contributed by atoms with Gasteiger partial charge in [0, 0.05) is 51.3 Å². The number of nitrogens with one attached hydrogen (secondary N) is 1. The van der Waals surface area contributed by atoms with Crippen molar-refractivity contribution in [3.63, 3.8) is 0 Å². The molecule has 7 heteroatoms. The molecule has 2 aromatic carbocycles. The maximum atomic E-state index is 12.9. The van der Waals surface area contributed by atoms with Crippen LogP contribution in [-0.2, 0) is 16.1 Å². The second kappa shape index (κ2) is 9.31. The number of nitrogens with zero attached hydrogens (tertiary/aromatic N) is 4. The van der Waals surface area contributed by atoms with E-state index in [0.717, 1.165) is 43.0 Å². The van der Waals surface area contributed by atoms with E-state index >= 15 is 0 Å². The molecular weight excluding hydrogens is 390 g/mol. The van der Waals surface area contributed by atoms with Crippen molar-refractivity contribution in [3.05, 3.63) is 59.7 Å². The summed E-state index contributed by atoms with van der Waals surface area (Å²) in [6.07, 6.45) is 0.630. The molecule has 1 N–H and O–H groups in total. The summed E-state index contributed by atoms with van der Waals surface area (Å²) in [6, 6.07) is 15.8. The van der Waals surface area contributed by atoms with E-state index < -0.39 is 0 Å². The van der Waals surface area contributed by atoms with Crippen LogP contribution in [0.4, 0.5) is 11.4 Å². The number of carbonyl (C=O) groups excluding carboxylic acids is 2. The van der Waals surface area contributed by atoms with Crippen LogP contribution in [0.25, 0.3) is 0 Å². The first-order valence-electron chi connectivity index (χ1n) is 10.8. The lowest BCUT2D eigenvalue weighted by Gasteiger charge is -2.35. The molecule has 162 valence electrons. The van der Waals surface area contributed by atoms with Crippen LogP contribution in [0, 0.1) is 6.92 Å². The van der Waals surface area contributed by atoms with Gasteiger partial charge < -0.3 is 15.1 Å². The van der Waals surface area contributed by atoms with Crippen LogP contribution in [-0.4, -0.2) is 55.7 Å². The first kappa shape index (κ1) is 21.1. The van der Waals surface area contributed by atoms with E-state index in [4.69, 9.17) is 0 Å². The van der Waals surface area contributed by atoms with Gasteiger partial charge >= 0.3 is 0 Å². The Morgan fingerprint density at radius 1 is 1.03 bits per heavy atom. The number of rotatable bonds is 5. The smallest absolute Gasteiger partial charge is 0.267 e. The normalized spacial score (nSPS) is 17.5. The number of hydrogen-bond donors (Lipinski definition) is 1. The van der Waals surface area contributed by atoms with Crippen LogP contribution in [0.3, 0.4) is 0 Å². The Bertz CT molecular complexity index is 995. The van der Waals surface area contributed by atoms with Gasteiger partial charge in [0.15, 0.2) is 0 Å². The number of para-hydroxylation sites is 1. The lowest BCUT2D eigenvalue weighted by molar-refractivity contribution is -0.119. The highest BCUT2D eigenvalue weighted by Gasteiger charge is 2.26. The van der Waals surface area contributed by atoms with E-state index in [1.807, 2.05) is 43.3 Å². The molecule has 0 saturated carbocycles. The van der Waals surface area contributed by atoms with Gasteiger partial charge in [-0.25, -0.2) is 5.01 Å². The lowest BCUT2D eigenvalue weighted by atomic mass is 10.1. The highest BCUT2D eigenvalue weighted by Crippen LogP contribution is 2.23. The van der Waals surface area contributed by atoms with Crippen LogP contribution in [0.1, 0.15) is 24.0 Å². The monoisotopic (exact) mass is 419 g/mol. The molecule has 0 spiro atoms. The van der Waals surface area contributed by atoms with Gasteiger partial charge in [0.1, 0.15) is 5.71 Å². The van der Waals surface area contributed by atoms with Gasteiger partial charge in [0.2, 0.25) is 5.91 Å². The summed E-state index contributed by atoms with van der Waals surface area (Å²) in [5, 5.41) is 8.74. The van der Waals surface area contributed by atoms with E-state index in [-0.39, 0.29) is 18.2 Å². The first-order chi connectivity index (χ1) is 15.0. The molecule has 2 aliphatic heterocycles. The molecular formula is C24H29N5O2. The summed E-state index contributed by atoms with van der Waals surface area (Å²) in [6.45, 7) is 6.40. The zero-order valence-corrected chi connectivity index (χ0v) is 18.2. The van der Waals surface area contributed by atoms with Gasteiger partial charge in [-0.05, 0) is 43.3 Å². The van der Waals surface area contributed by atoms with Crippen molar-refractivity contribution in [1.82, 2.24) is 10.2 Å². The number of hydrogen-bond acceptors (Lipinski definition) is 5. The third-order valence-electron chi connectivity index (χ3n) is 5.82. The van der Waals surface area contributed by atoms with Gasteiger partial charge in [-0.2, -0.15) is 5.10 Å². The molecule has 0 unspecified atom stereocenters. The Kier molecular flexibility index (Phi) is 6.32. The summed E-state index contributed by atoms with van der Waals surface area (Å²) in [5.74, 6) is -0.319. The molecule has 1 saturated heterocycles. The van der Waals surface area contributed by atoms with Crippen LogP contribution in [0.15, 0.2) is 53.6 Å². The number of hydrazone groups is 1. The van der Waals surface area contributed by atoms with Crippen molar-refractivity contribution >= 4 is 28.9 Å². The fourth-order valence-corrected chi connectivity index (χ4v) is 3.97. The largest absolute Gasteiger partial charge is 0.369 e. The molecule has 0 bridgehead atoms. The van der Waals surface area contributed by atoms with E-state index in [1.165, 1.54) is 5.01 Å². The number of aryl methyl sites for hydroxylation is 1. The topological polar surface area (TPSA) is 68.2 Å². The van der Waals surface area contributed by atoms with E-state index in [2.05, 4.69) is 39.4 Å². The van der Waals surface area contributed by atoms with Gasteiger partial charge in [-0.3, -0.25) is 9.59 Å². The van der Waals surface area contributed by atoms with Crippen molar-refractivity contribution in [2.45, 2.75) is 26.3 Å². The Morgan fingerprint density at radius 3 is 2.58 bits per heavy atom. The molecule has 0 aliphatic carbocycles. The molecule has 0 radical (unpaired) electrons. The maximum absolute atomic E-state index is 12.9. The standard InChI is InChI=1S/C24H29N5O2/c1-18-6-5-8-20(16-18)29-23(30)11-10-21(26-29)24(31)25-17-19-7-3-4-9-22(19)28-14-12-27(2)13-15-28/h3-9,16H,10-15,17H2,1-2H3,(H,25,31). The number of likely N-dealkylation sites (N-methyl/N-ethyl adjacent to an activating group) is 1. The summed E-state index contributed by atoms with van der Waals surface area (Å²) in [4.78, 5) is 29.9. The van der Waals surface area contributed by atoms with Crippen LogP contribution in [0.2, 0.25) is 0 Å². The molecule has 0 aromatic heterocycles. The SMILES string of the molecule is Cc1cccc(N2N=C(C(=O)NCc3ccccc3N3CCN(C)CC3)CCC2=O)c1. The fraction of sp³-hybridized carbons (Fsp3) is 0.375. The molecule has 2 aromatic rings. The summed E-state index contributed by atoms with van der Waals surface area (Å²) in [7, 11) is 2.14. The molecule has 2 heterocycles. The quantitative estimate of drug-likeness (QED) is 0.809. The molecule has 7 nitrogen and oxygen atoms in total. The number of anilines is 2. The average Bonchev–Trinajstić information content (AvgIpc) is 2.78. The molecule has 1 fully saturated rings. The predicted molar refractivity (Wildman–Crippen MR) is 123 cm³/mol.